The van der Waals surface area contributed by atoms with Crippen LogP contribution >= 0.6 is 72.9 Å². The van der Waals surface area contributed by atoms with Crippen LogP contribution in [0.15, 0.2) is 307 Å². The van der Waals surface area contributed by atoms with Gasteiger partial charge < -0.3 is 43.8 Å². The van der Waals surface area contributed by atoms with E-state index in [-0.39, 0.29) is 78.5 Å². The average molecular weight is 1950 g/mol. The first-order valence-electron chi connectivity index (χ1n) is 39.6. The van der Waals surface area contributed by atoms with Crippen molar-refractivity contribution in [3.05, 3.63) is 348 Å². The number of halogens is 2. The Morgan fingerprint density at radius 3 is 1.55 bits per heavy atom. The lowest BCUT2D eigenvalue weighted by Gasteiger charge is -2.23. The number of nitrogens with zero attached hydrogens (tertiary/aromatic N) is 10. The number of Topliss-reactive ketones (excluding diaryl/α,β-unsaturated/α-hetero) is 4. The fraction of sp³-hybridized carbons (Fsp3) is 0.0957. The molecule has 3 fully saturated rings. The molecule has 4 N–H and O–H groups in total. The summed E-state index contributed by atoms with van der Waals surface area (Å²) in [6, 6.07) is 62.0. The highest BCUT2D eigenvalue weighted by Gasteiger charge is 2.52. The van der Waals surface area contributed by atoms with Crippen molar-refractivity contribution in [1.82, 2.24) is 24.9 Å². The number of aliphatic hydroxyl groups excluding tert-OH is 4. The molecule has 660 valence electrons. The van der Waals surface area contributed by atoms with Crippen molar-refractivity contribution in [3.63, 3.8) is 0 Å². The van der Waals surface area contributed by atoms with Crippen molar-refractivity contribution in [2.24, 2.45) is 0 Å². The third-order valence-electron chi connectivity index (χ3n) is 21.5. The van der Waals surface area contributed by atoms with Crippen LogP contribution in [0.3, 0.4) is 0 Å². The van der Waals surface area contributed by atoms with Gasteiger partial charge in [0.25, 0.3) is 28.9 Å². The zero-order valence-corrected chi connectivity index (χ0v) is 75.0. The standard InChI is InChI=1S/C26H19BrN2O5S.C25H16N2O5S.C23H14ClN3O3S.C20H15N3O8S2/c1-33-18-11-8-15(12-19(18)34-2)22-21(23(30)14-6-4-3-5-7-14)24(31)25(32)29(22)26-28-17-10-9-16(27)13-20(17)35-26;28-22(14-6-2-1-3-7-14)20-21(15-10-11-17-18(12-15)32-13-31-17)27(24(30)23(20)29)25-26-16-8-4-5-9-19(16)33-25;24-15-9-7-13(8-10-15)20(28)18-19(14-4-3-11-25-12-14)27(22(30)21(18)29)23-26-16-5-1-2-6-17(16)31-23;1-2-13-16(17(24)14-4-3-9-31-14)18(25)19(26)22(13)20-21-10-15(32-20)33(29,30)12-7-5-11(6-8-12)23(27)28/h3-13,22,30H,1-2H3;1-12,21,28H,13H2;1-12,19,28H;3-10,13,25H,2H2,1H3. The molecular formula is C94H64BrClN10O21S5. The largest absolute Gasteiger partial charge is 0.507 e. The van der Waals surface area contributed by atoms with Crippen molar-refractivity contribution in [2.75, 3.05) is 40.6 Å². The summed E-state index contributed by atoms with van der Waals surface area (Å²) in [5, 5.41) is 56.2. The Hall–Kier alpha value is -15.3. The highest BCUT2D eigenvalue weighted by molar-refractivity contribution is 9.10. The molecule has 31 nitrogen and oxygen atoms in total. The van der Waals surface area contributed by atoms with Gasteiger partial charge in [-0.15, -0.1) is 0 Å². The lowest BCUT2D eigenvalue weighted by molar-refractivity contribution is -0.384. The number of aliphatic hydroxyl groups is 4. The smallest absolute Gasteiger partial charge is 0.301 e. The van der Waals surface area contributed by atoms with Gasteiger partial charge in [-0.3, -0.25) is 73.1 Å². The molecule has 4 atom stereocenters. The lowest BCUT2D eigenvalue weighted by atomic mass is 9.95. The Labute approximate surface area is 776 Å². The van der Waals surface area contributed by atoms with Crippen LogP contribution in [0.4, 0.5) is 26.2 Å². The number of sulfone groups is 1. The van der Waals surface area contributed by atoms with E-state index in [2.05, 4.69) is 40.8 Å². The fourth-order valence-corrected chi connectivity index (χ4v) is 21.5. The number of aromatic nitrogens is 5. The number of ether oxygens (including phenoxy) is 4. The molecule has 5 aliphatic heterocycles. The summed E-state index contributed by atoms with van der Waals surface area (Å²) in [6.45, 7) is 1.79. The van der Waals surface area contributed by atoms with Crippen LogP contribution in [0.25, 0.3) is 47.9 Å². The van der Waals surface area contributed by atoms with E-state index in [1.165, 1.54) is 81.3 Å². The Morgan fingerprint density at radius 2 is 1.04 bits per heavy atom. The Kier molecular flexibility index (Phi) is 24.9. The molecule has 38 heteroatoms. The van der Waals surface area contributed by atoms with E-state index in [1.54, 1.807) is 147 Å². The number of pyridine rings is 1. The normalized spacial score (nSPS) is 17.7. The monoisotopic (exact) mass is 1940 g/mol. The first-order valence-corrected chi connectivity index (χ1v) is 45.6. The van der Waals surface area contributed by atoms with Gasteiger partial charge in [-0.2, -0.15) is 0 Å². The van der Waals surface area contributed by atoms with E-state index in [1.807, 2.05) is 72.8 Å². The van der Waals surface area contributed by atoms with Crippen molar-refractivity contribution >= 4 is 204 Å². The lowest BCUT2D eigenvalue weighted by Crippen LogP contribution is -2.36. The van der Waals surface area contributed by atoms with Crippen LogP contribution in [0.2, 0.25) is 5.02 Å². The van der Waals surface area contributed by atoms with Gasteiger partial charge >= 0.3 is 17.7 Å². The van der Waals surface area contributed by atoms with Gasteiger partial charge in [0, 0.05) is 50.7 Å². The molecule has 11 heterocycles. The minimum atomic E-state index is -4.07. The molecule has 132 heavy (non-hydrogen) atoms. The quantitative estimate of drug-likeness (QED) is 0.0155. The molecule has 9 aromatic carbocycles. The van der Waals surface area contributed by atoms with Crippen LogP contribution in [0, 0.1) is 10.1 Å². The van der Waals surface area contributed by atoms with Crippen LogP contribution in [0.1, 0.15) is 75.4 Å². The first-order chi connectivity index (χ1) is 63.7. The molecule has 6 aromatic heterocycles. The maximum Gasteiger partial charge on any atom is 0.301 e. The predicted octanol–water partition coefficient (Wildman–Crippen LogP) is 18.6. The minimum absolute atomic E-state index is 0.00400. The number of nitro benzene ring substituents is 1. The highest BCUT2D eigenvalue weighted by atomic mass is 79.9. The number of carbonyl (C=O) groups is 8. The Balaban J connectivity index is 0.000000123. The number of thiazole rings is 4. The number of rotatable bonds is 18. The maximum atomic E-state index is 13.4. The molecule has 4 unspecified atom stereocenters. The third kappa shape index (κ3) is 16.7. The number of benzene rings is 9. The summed E-state index contributed by atoms with van der Waals surface area (Å²) in [5.74, 6) is -5.65. The number of carbonyl (C=O) groups excluding carboxylic acids is 8. The zero-order chi connectivity index (χ0) is 92.7. The van der Waals surface area contributed by atoms with Gasteiger partial charge in [0.2, 0.25) is 22.4 Å². The Bertz CT molecular complexity index is 7390. The average Bonchev–Trinajstić information content (AvgIpc) is 1.60. The summed E-state index contributed by atoms with van der Waals surface area (Å²) in [7, 11) is -1.04. The van der Waals surface area contributed by atoms with Crippen LogP contribution < -0.4 is 38.5 Å². The van der Waals surface area contributed by atoms with E-state index < -0.39 is 91.4 Å². The van der Waals surface area contributed by atoms with E-state index in [0.29, 0.717) is 93.6 Å². The van der Waals surface area contributed by atoms with Crippen LogP contribution in [-0.2, 0) is 43.4 Å². The molecule has 20 rings (SSSR count). The number of para-hydroxylation sites is 2. The van der Waals surface area contributed by atoms with E-state index >= 15 is 0 Å². The molecule has 0 aliphatic carbocycles. The van der Waals surface area contributed by atoms with E-state index in [0.717, 1.165) is 65.0 Å². The number of ketones is 4. The molecule has 0 bridgehead atoms. The maximum absolute atomic E-state index is 13.4. The molecule has 15 aromatic rings. The van der Waals surface area contributed by atoms with Crippen molar-refractivity contribution in [3.8, 4) is 23.0 Å². The van der Waals surface area contributed by atoms with E-state index in [4.69, 9.17) is 35.0 Å². The number of amides is 4. The van der Waals surface area contributed by atoms with Gasteiger partial charge in [-0.1, -0.05) is 183 Å². The summed E-state index contributed by atoms with van der Waals surface area (Å²) >= 11 is 14.0. The van der Waals surface area contributed by atoms with Gasteiger partial charge in [-0.05, 0) is 144 Å². The minimum Gasteiger partial charge on any atom is -0.507 e. The fourth-order valence-electron chi connectivity index (χ4n) is 15.3. The number of fused-ring (bicyclic) bond motifs is 4. The van der Waals surface area contributed by atoms with Crippen molar-refractivity contribution in [2.45, 2.75) is 46.6 Å². The zero-order valence-electron chi connectivity index (χ0n) is 68.5. The second kappa shape index (κ2) is 37.1. The molecular weight excluding hydrogens is 1880 g/mol. The van der Waals surface area contributed by atoms with Crippen LogP contribution in [-0.4, -0.2) is 133 Å². The predicted molar refractivity (Wildman–Crippen MR) is 497 cm³/mol. The number of furan rings is 1. The van der Waals surface area contributed by atoms with Crippen molar-refractivity contribution < 1.29 is 95.5 Å². The molecule has 0 spiro atoms. The number of non-ortho nitro benzene ring substituents is 1. The SMILES string of the molecule is CCC1C(C(=O)c2ccco2)=C(O)C(=O)N1c1ncc(S(=O)(=O)c2ccc([N+](=O)[O-])cc2)s1.COc1ccc(C2C(=C(O)c3ccccc3)C(=O)C(=O)N2c2nc3ccc(Br)cc3s2)cc1OC.O=C1C(=O)N(c2nc3ccccc3s2)C(c2ccc3c(c2)OCO3)C1=C(O)c1ccccc1.O=C1C(=O)N(c2nc3ccccc3s2)C(c2cccnc2)C1=C(O)c1ccc(Cl)cc1. The Morgan fingerprint density at radius 1 is 0.530 bits per heavy atom. The summed E-state index contributed by atoms with van der Waals surface area (Å²) in [4.78, 5) is 142. The third-order valence-corrected chi connectivity index (χ3v) is 28.6. The number of hydrogen-bond acceptors (Lipinski definition) is 30. The topological polar surface area (TPSA) is 422 Å². The summed E-state index contributed by atoms with van der Waals surface area (Å²) < 4.78 is 56.0. The number of methoxy groups -OCH3 is 2. The number of anilines is 4. The highest BCUT2D eigenvalue weighted by Crippen LogP contribution is 2.51. The van der Waals surface area contributed by atoms with Crippen molar-refractivity contribution in [1.29, 1.82) is 0 Å². The van der Waals surface area contributed by atoms with Gasteiger partial charge in [0.05, 0.1) is 114 Å². The van der Waals surface area contributed by atoms with Gasteiger partial charge in [-0.25, -0.2) is 28.4 Å². The first kappa shape index (κ1) is 88.8. The molecule has 5 aliphatic rings. The second-order valence-electron chi connectivity index (χ2n) is 29.2. The molecule has 4 amide bonds. The number of hydrogen-bond donors (Lipinski definition) is 4. The van der Waals surface area contributed by atoms with Gasteiger partial charge in [0.15, 0.2) is 55.0 Å². The summed E-state index contributed by atoms with van der Waals surface area (Å²) in [5.41, 5.74) is 4.75. The molecule has 0 saturated carbocycles. The van der Waals surface area contributed by atoms with E-state index in [9.17, 15) is 77.3 Å². The molecule has 3 saturated heterocycles. The van der Waals surface area contributed by atoms with Gasteiger partial charge in [0.1, 0.15) is 21.5 Å². The summed E-state index contributed by atoms with van der Waals surface area (Å²) in [6.07, 6.45) is 5.76. The second-order valence-corrected chi connectivity index (χ2v) is 36.7. The number of nitro groups is 1. The molecule has 0 radical (unpaired) electrons. The van der Waals surface area contributed by atoms with Crippen LogP contribution in [0.5, 0.6) is 23.0 Å².